The average Bonchev–Trinajstić information content (AvgIpc) is 2.01. The van der Waals surface area contributed by atoms with Crippen LogP contribution in [0.2, 0.25) is 0 Å². The lowest BCUT2D eigenvalue weighted by Gasteiger charge is -2.21. The van der Waals surface area contributed by atoms with Gasteiger partial charge in [0.15, 0.2) is 5.92 Å². The van der Waals surface area contributed by atoms with E-state index in [9.17, 15) is 9.59 Å². The second-order valence-electron chi connectivity index (χ2n) is 3.76. The van der Waals surface area contributed by atoms with Gasteiger partial charge >= 0.3 is 11.9 Å². The molecule has 0 saturated heterocycles. The lowest BCUT2D eigenvalue weighted by molar-refractivity contribution is -0.168. The number of hydrogen-bond acceptors (Lipinski definition) is 6. The molecule has 6 nitrogen and oxygen atoms in total. The molecule has 82 valence electrons. The second kappa shape index (κ2) is 4.92. The van der Waals surface area contributed by atoms with Gasteiger partial charge in [0.1, 0.15) is 5.60 Å². The molecule has 6 heteroatoms. The molecule has 0 fully saturated rings. The maximum absolute atomic E-state index is 11.3. The molecule has 0 spiro atoms. The van der Waals surface area contributed by atoms with Gasteiger partial charge in [-0.1, -0.05) is 0 Å². The SMILES string of the molecule is CC(C)(C)OC(=O)[C@H](CN)C(=O)ON. The van der Waals surface area contributed by atoms with E-state index < -0.39 is 23.5 Å². The Morgan fingerprint density at radius 3 is 2.07 bits per heavy atom. The van der Waals surface area contributed by atoms with E-state index in [1.807, 2.05) is 0 Å². The molecule has 0 saturated carbocycles. The normalized spacial score (nSPS) is 13.2. The van der Waals surface area contributed by atoms with Crippen molar-refractivity contribution in [3.05, 3.63) is 0 Å². The summed E-state index contributed by atoms with van der Waals surface area (Å²) in [5, 5.41) is 0. The summed E-state index contributed by atoms with van der Waals surface area (Å²) < 4.78 is 4.94. The fourth-order valence-corrected chi connectivity index (χ4v) is 0.744. The summed E-state index contributed by atoms with van der Waals surface area (Å²) in [5.74, 6) is 1.87. The van der Waals surface area contributed by atoms with E-state index in [0.29, 0.717) is 0 Å². The zero-order valence-corrected chi connectivity index (χ0v) is 8.57. The summed E-state index contributed by atoms with van der Waals surface area (Å²) in [4.78, 5) is 26.2. The van der Waals surface area contributed by atoms with Crippen LogP contribution >= 0.6 is 0 Å². The maximum atomic E-state index is 11.3. The van der Waals surface area contributed by atoms with Crippen molar-refractivity contribution in [3.63, 3.8) is 0 Å². The third kappa shape index (κ3) is 4.20. The third-order valence-corrected chi connectivity index (χ3v) is 1.33. The van der Waals surface area contributed by atoms with Crippen LogP contribution in [0.25, 0.3) is 0 Å². The highest BCUT2D eigenvalue weighted by molar-refractivity contribution is 5.95. The minimum atomic E-state index is -1.15. The smallest absolute Gasteiger partial charge is 0.340 e. The zero-order chi connectivity index (χ0) is 11.4. The first-order valence-electron chi connectivity index (χ1n) is 4.15. The molecule has 0 bridgehead atoms. The van der Waals surface area contributed by atoms with E-state index in [0.717, 1.165) is 0 Å². The van der Waals surface area contributed by atoms with E-state index in [1.54, 1.807) is 20.8 Å². The van der Waals surface area contributed by atoms with E-state index in [2.05, 4.69) is 10.7 Å². The molecule has 1 atom stereocenters. The zero-order valence-electron chi connectivity index (χ0n) is 8.57. The van der Waals surface area contributed by atoms with Crippen LogP contribution < -0.4 is 11.6 Å². The van der Waals surface area contributed by atoms with Crippen LogP contribution in [0.4, 0.5) is 0 Å². The molecule has 0 radical (unpaired) electrons. The topological polar surface area (TPSA) is 105 Å². The molecule has 0 unspecified atom stereocenters. The average molecular weight is 204 g/mol. The lowest BCUT2D eigenvalue weighted by atomic mass is 10.1. The summed E-state index contributed by atoms with van der Waals surface area (Å²) in [7, 11) is 0. The van der Waals surface area contributed by atoms with Gasteiger partial charge in [0.2, 0.25) is 0 Å². The molecule has 0 aromatic carbocycles. The number of carbonyl (C=O) groups is 2. The Bertz CT molecular complexity index is 222. The predicted molar refractivity (Wildman–Crippen MR) is 48.7 cm³/mol. The minimum Gasteiger partial charge on any atom is -0.459 e. The quantitative estimate of drug-likeness (QED) is 0.358. The molecule has 0 aliphatic rings. The van der Waals surface area contributed by atoms with Crippen LogP contribution in [-0.2, 0) is 19.2 Å². The highest BCUT2D eigenvalue weighted by Gasteiger charge is 2.31. The molecule has 0 amide bonds. The number of rotatable bonds is 3. The summed E-state index contributed by atoms with van der Waals surface area (Å²) >= 11 is 0. The molecule has 4 N–H and O–H groups in total. The molecule has 0 heterocycles. The molecule has 0 aromatic rings. The van der Waals surface area contributed by atoms with Gasteiger partial charge in [-0.3, -0.25) is 4.79 Å². The monoisotopic (exact) mass is 204 g/mol. The fourth-order valence-electron chi connectivity index (χ4n) is 0.744. The van der Waals surface area contributed by atoms with Crippen LogP contribution in [0.5, 0.6) is 0 Å². The maximum Gasteiger partial charge on any atom is 0.340 e. The first-order valence-corrected chi connectivity index (χ1v) is 4.15. The number of nitrogens with two attached hydrogens (primary N) is 2. The van der Waals surface area contributed by atoms with Gasteiger partial charge in [-0.15, -0.1) is 0 Å². The Hall–Kier alpha value is -1.14. The predicted octanol–water partition coefficient (Wildman–Crippen LogP) is -0.680. The van der Waals surface area contributed by atoms with Crippen molar-refractivity contribution in [1.82, 2.24) is 0 Å². The van der Waals surface area contributed by atoms with Crippen molar-refractivity contribution in [1.29, 1.82) is 0 Å². The van der Waals surface area contributed by atoms with E-state index >= 15 is 0 Å². The molecule has 0 rings (SSSR count). The summed E-state index contributed by atoms with van der Waals surface area (Å²) in [6, 6.07) is 0. The molecule has 0 aromatic heterocycles. The van der Waals surface area contributed by atoms with Gasteiger partial charge in [0.05, 0.1) is 0 Å². The van der Waals surface area contributed by atoms with Crippen molar-refractivity contribution in [2.45, 2.75) is 26.4 Å². The van der Waals surface area contributed by atoms with Crippen LogP contribution in [-0.4, -0.2) is 24.1 Å². The number of esters is 1. The number of carbonyl (C=O) groups excluding carboxylic acids is 2. The number of ether oxygens (including phenoxy) is 1. The van der Waals surface area contributed by atoms with Gasteiger partial charge in [0, 0.05) is 6.54 Å². The van der Waals surface area contributed by atoms with Crippen LogP contribution in [0.15, 0.2) is 0 Å². The Kier molecular flexibility index (Phi) is 4.52. The highest BCUT2D eigenvalue weighted by Crippen LogP contribution is 2.11. The summed E-state index contributed by atoms with van der Waals surface area (Å²) in [6.45, 7) is 4.87. The van der Waals surface area contributed by atoms with Crippen LogP contribution in [0.1, 0.15) is 20.8 Å². The van der Waals surface area contributed by atoms with E-state index in [4.69, 9.17) is 10.5 Å². The largest absolute Gasteiger partial charge is 0.459 e. The fraction of sp³-hybridized carbons (Fsp3) is 0.750. The van der Waals surface area contributed by atoms with Crippen LogP contribution in [0.3, 0.4) is 0 Å². The van der Waals surface area contributed by atoms with Gasteiger partial charge < -0.3 is 15.3 Å². The summed E-state index contributed by atoms with van der Waals surface area (Å²) in [5.41, 5.74) is 4.54. The van der Waals surface area contributed by atoms with Crippen molar-refractivity contribution < 1.29 is 19.2 Å². The molecule has 0 aliphatic carbocycles. The van der Waals surface area contributed by atoms with Crippen molar-refractivity contribution >= 4 is 11.9 Å². The van der Waals surface area contributed by atoms with E-state index in [1.165, 1.54) is 0 Å². The lowest BCUT2D eigenvalue weighted by Crippen LogP contribution is -2.38. The van der Waals surface area contributed by atoms with Crippen molar-refractivity contribution in [2.24, 2.45) is 17.5 Å². The molecule has 14 heavy (non-hydrogen) atoms. The van der Waals surface area contributed by atoms with Gasteiger partial charge in [-0.05, 0) is 20.8 Å². The van der Waals surface area contributed by atoms with Gasteiger partial charge in [-0.25, -0.2) is 4.79 Å². The Balaban J connectivity index is 4.40. The summed E-state index contributed by atoms with van der Waals surface area (Å²) in [6.07, 6.45) is 0. The van der Waals surface area contributed by atoms with Crippen molar-refractivity contribution in [2.75, 3.05) is 6.54 Å². The second-order valence-corrected chi connectivity index (χ2v) is 3.76. The first kappa shape index (κ1) is 12.9. The van der Waals surface area contributed by atoms with Crippen LogP contribution in [0, 0.1) is 5.92 Å². The molecular formula is C8H16N2O4. The van der Waals surface area contributed by atoms with Gasteiger partial charge in [0.25, 0.3) is 0 Å². The molecule has 0 aliphatic heterocycles. The minimum absolute atomic E-state index is 0.190. The Morgan fingerprint density at radius 1 is 1.29 bits per heavy atom. The van der Waals surface area contributed by atoms with Crippen molar-refractivity contribution in [3.8, 4) is 0 Å². The number of hydrogen-bond donors (Lipinski definition) is 2. The van der Waals surface area contributed by atoms with Gasteiger partial charge in [-0.2, -0.15) is 5.90 Å². The Labute approximate surface area is 82.5 Å². The third-order valence-electron chi connectivity index (χ3n) is 1.33. The first-order chi connectivity index (χ1) is 6.31. The highest BCUT2D eigenvalue weighted by atomic mass is 16.7. The van der Waals surface area contributed by atoms with E-state index in [-0.39, 0.29) is 6.54 Å². The Morgan fingerprint density at radius 2 is 1.79 bits per heavy atom. The standard InChI is InChI=1S/C8H16N2O4/c1-8(2,3)13-6(11)5(4-9)7(12)14-10/h5H,4,9-10H2,1-3H3/t5-/m0/s1. The molecular weight excluding hydrogens is 188 g/mol.